The molecule has 0 aliphatic carbocycles. The molecule has 0 amide bonds. The first-order valence-corrected chi connectivity index (χ1v) is 8.92. The van der Waals surface area contributed by atoms with Gasteiger partial charge in [-0.05, 0) is 42.0 Å². The summed E-state index contributed by atoms with van der Waals surface area (Å²) >= 11 is 0. The van der Waals surface area contributed by atoms with Crippen molar-refractivity contribution in [3.63, 3.8) is 0 Å². The molecule has 0 bridgehead atoms. The molecule has 4 heteroatoms. The zero-order valence-corrected chi connectivity index (χ0v) is 15.4. The number of benzene rings is 2. The van der Waals surface area contributed by atoms with Crippen molar-refractivity contribution < 1.29 is 0 Å². The number of pyridine rings is 2. The predicted octanol–water partition coefficient (Wildman–Crippen LogP) is 4.83. The maximum atomic E-state index is 8.63. The maximum absolute atomic E-state index is 8.63. The minimum Gasteiger partial charge on any atom is -0.326 e. The fraction of sp³-hybridized carbons (Fsp3) is 0.0417. The van der Waals surface area contributed by atoms with E-state index in [2.05, 4.69) is 16.0 Å². The van der Waals surface area contributed by atoms with Gasteiger partial charge < -0.3 is 5.73 Å². The number of aromatic nitrogens is 2. The Labute approximate surface area is 165 Å². The molecule has 0 fully saturated rings. The average molecular weight is 364 g/mol. The van der Waals surface area contributed by atoms with Gasteiger partial charge in [0.05, 0.1) is 23.0 Å². The Bertz CT molecular complexity index is 1020. The monoisotopic (exact) mass is 364 g/mol. The zero-order chi connectivity index (χ0) is 19.6. The first-order valence-electron chi connectivity index (χ1n) is 8.92. The standard InChI is InChI=1S/C12H12N2.C12H8N2/c2*13-9-10-4-6-11(7-5-10)12-3-1-2-8-14-12/h1-8H,9,13H2;1-8H. The summed E-state index contributed by atoms with van der Waals surface area (Å²) in [6.07, 6.45) is 3.56. The molecule has 2 heterocycles. The van der Waals surface area contributed by atoms with Crippen molar-refractivity contribution in [3.05, 3.63) is 108 Å². The second-order valence-corrected chi connectivity index (χ2v) is 6.02. The van der Waals surface area contributed by atoms with E-state index in [0.29, 0.717) is 12.1 Å². The minimum absolute atomic E-state index is 0.586. The van der Waals surface area contributed by atoms with Crippen molar-refractivity contribution in [2.45, 2.75) is 6.54 Å². The fourth-order valence-corrected chi connectivity index (χ4v) is 2.59. The smallest absolute Gasteiger partial charge is 0.0991 e. The second kappa shape index (κ2) is 9.77. The first-order chi connectivity index (χ1) is 13.8. The molecule has 0 saturated carbocycles. The normalized spacial score (nSPS) is 9.71. The van der Waals surface area contributed by atoms with Crippen LogP contribution < -0.4 is 5.73 Å². The molecule has 136 valence electrons. The summed E-state index contributed by atoms with van der Waals surface area (Å²) in [5.74, 6) is 0. The Morgan fingerprint density at radius 3 is 1.57 bits per heavy atom. The number of nitrogens with two attached hydrogens (primary N) is 1. The van der Waals surface area contributed by atoms with Crippen LogP contribution >= 0.6 is 0 Å². The molecule has 4 nitrogen and oxygen atoms in total. The van der Waals surface area contributed by atoms with Crippen molar-refractivity contribution in [2.75, 3.05) is 0 Å². The highest BCUT2D eigenvalue weighted by Crippen LogP contribution is 2.17. The van der Waals surface area contributed by atoms with E-state index < -0.39 is 0 Å². The summed E-state index contributed by atoms with van der Waals surface area (Å²) in [6, 6.07) is 29.3. The van der Waals surface area contributed by atoms with Gasteiger partial charge in [-0.1, -0.05) is 48.5 Å². The highest BCUT2D eigenvalue weighted by molar-refractivity contribution is 5.60. The highest BCUT2D eigenvalue weighted by Gasteiger charge is 1.98. The largest absolute Gasteiger partial charge is 0.326 e. The molecule has 0 atom stereocenters. The summed E-state index contributed by atoms with van der Waals surface area (Å²) in [5, 5.41) is 8.63. The van der Waals surface area contributed by atoms with Gasteiger partial charge in [0.25, 0.3) is 0 Å². The van der Waals surface area contributed by atoms with E-state index in [1.54, 1.807) is 24.5 Å². The molecule has 0 radical (unpaired) electrons. The van der Waals surface area contributed by atoms with E-state index in [9.17, 15) is 0 Å². The predicted molar refractivity (Wildman–Crippen MR) is 112 cm³/mol. The van der Waals surface area contributed by atoms with Gasteiger partial charge in [-0.15, -0.1) is 0 Å². The highest BCUT2D eigenvalue weighted by atomic mass is 14.7. The van der Waals surface area contributed by atoms with Crippen molar-refractivity contribution in [1.29, 1.82) is 5.26 Å². The summed E-state index contributed by atoms with van der Waals surface area (Å²) in [6.45, 7) is 0.586. The van der Waals surface area contributed by atoms with Gasteiger partial charge in [-0.25, -0.2) is 0 Å². The van der Waals surface area contributed by atoms with Crippen LogP contribution in [0.2, 0.25) is 0 Å². The molecule has 2 aromatic heterocycles. The summed E-state index contributed by atoms with van der Waals surface area (Å²) in [4.78, 5) is 8.49. The lowest BCUT2D eigenvalue weighted by molar-refractivity contribution is 1.07. The molecule has 28 heavy (non-hydrogen) atoms. The lowest BCUT2D eigenvalue weighted by Gasteiger charge is -2.01. The number of nitrogens with zero attached hydrogens (tertiary/aromatic N) is 3. The van der Waals surface area contributed by atoms with Crippen LogP contribution in [0.15, 0.2) is 97.3 Å². The third kappa shape index (κ3) is 5.10. The van der Waals surface area contributed by atoms with E-state index in [0.717, 1.165) is 28.1 Å². The van der Waals surface area contributed by atoms with Crippen molar-refractivity contribution in [1.82, 2.24) is 9.97 Å². The van der Waals surface area contributed by atoms with Gasteiger partial charge in [-0.2, -0.15) is 5.26 Å². The quantitative estimate of drug-likeness (QED) is 0.565. The van der Waals surface area contributed by atoms with Gasteiger partial charge in [-0.3, -0.25) is 9.97 Å². The lowest BCUT2D eigenvalue weighted by Crippen LogP contribution is -1.95. The van der Waals surface area contributed by atoms with E-state index in [1.807, 2.05) is 72.8 Å². The Kier molecular flexibility index (Phi) is 6.62. The molecular formula is C24H20N4. The van der Waals surface area contributed by atoms with Crippen LogP contribution in [0.5, 0.6) is 0 Å². The minimum atomic E-state index is 0.586. The first kappa shape index (κ1) is 19.0. The van der Waals surface area contributed by atoms with Gasteiger partial charge in [0, 0.05) is 30.1 Å². The van der Waals surface area contributed by atoms with E-state index in [1.165, 1.54) is 0 Å². The molecule has 0 spiro atoms. The SMILES string of the molecule is N#Cc1ccc(-c2ccccn2)cc1.NCc1ccc(-c2ccccn2)cc1. The Hall–Kier alpha value is -3.81. The van der Waals surface area contributed by atoms with Crippen molar-refractivity contribution in [2.24, 2.45) is 5.73 Å². The maximum Gasteiger partial charge on any atom is 0.0991 e. The number of rotatable bonds is 3. The molecule has 0 unspecified atom stereocenters. The van der Waals surface area contributed by atoms with Gasteiger partial charge in [0.15, 0.2) is 0 Å². The molecule has 0 aliphatic heterocycles. The van der Waals surface area contributed by atoms with Gasteiger partial charge in [0.2, 0.25) is 0 Å². The van der Waals surface area contributed by atoms with Crippen molar-refractivity contribution >= 4 is 0 Å². The fourth-order valence-electron chi connectivity index (χ4n) is 2.59. The van der Waals surface area contributed by atoms with Crippen LogP contribution in [0.1, 0.15) is 11.1 Å². The summed E-state index contributed by atoms with van der Waals surface area (Å²) < 4.78 is 0. The van der Waals surface area contributed by atoms with E-state index in [4.69, 9.17) is 11.0 Å². The van der Waals surface area contributed by atoms with Crippen LogP contribution in [0.25, 0.3) is 22.5 Å². The second-order valence-electron chi connectivity index (χ2n) is 6.02. The van der Waals surface area contributed by atoms with Crippen molar-refractivity contribution in [3.8, 4) is 28.6 Å². The number of hydrogen-bond donors (Lipinski definition) is 1. The van der Waals surface area contributed by atoms with E-state index in [-0.39, 0.29) is 0 Å². The van der Waals surface area contributed by atoms with Gasteiger partial charge >= 0.3 is 0 Å². The molecule has 4 rings (SSSR count). The van der Waals surface area contributed by atoms with Crippen LogP contribution in [-0.2, 0) is 6.54 Å². The van der Waals surface area contributed by atoms with Crippen LogP contribution in [0.4, 0.5) is 0 Å². The van der Waals surface area contributed by atoms with Gasteiger partial charge in [0.1, 0.15) is 0 Å². The average Bonchev–Trinajstić information content (AvgIpc) is 2.81. The van der Waals surface area contributed by atoms with Crippen LogP contribution in [0, 0.1) is 11.3 Å². The van der Waals surface area contributed by atoms with E-state index >= 15 is 0 Å². The molecule has 2 N–H and O–H groups in total. The molecule has 0 aliphatic rings. The zero-order valence-electron chi connectivity index (χ0n) is 15.4. The number of nitriles is 1. The third-order valence-electron chi connectivity index (χ3n) is 4.12. The van der Waals surface area contributed by atoms with Crippen LogP contribution in [-0.4, -0.2) is 9.97 Å². The third-order valence-corrected chi connectivity index (χ3v) is 4.12. The molecule has 2 aromatic carbocycles. The Morgan fingerprint density at radius 1 is 0.679 bits per heavy atom. The molecule has 0 saturated heterocycles. The van der Waals surface area contributed by atoms with Crippen LogP contribution in [0.3, 0.4) is 0 Å². The Morgan fingerprint density at radius 2 is 1.18 bits per heavy atom. The summed E-state index contributed by atoms with van der Waals surface area (Å²) in [7, 11) is 0. The molecule has 4 aromatic rings. The number of hydrogen-bond acceptors (Lipinski definition) is 4. The summed E-state index contributed by atoms with van der Waals surface area (Å²) in [5.41, 5.74) is 11.4. The lowest BCUT2D eigenvalue weighted by atomic mass is 10.1. The topological polar surface area (TPSA) is 75.6 Å². The molecular weight excluding hydrogens is 344 g/mol. The Balaban J connectivity index is 0.000000161.